The number of rotatable bonds is 5. The molecule has 0 saturated heterocycles. The van der Waals surface area contributed by atoms with E-state index in [9.17, 15) is 18.4 Å². The lowest BCUT2D eigenvalue weighted by Gasteiger charge is -2.17. The van der Waals surface area contributed by atoms with E-state index >= 15 is 0 Å². The van der Waals surface area contributed by atoms with E-state index in [0.29, 0.717) is 10.1 Å². The first-order chi connectivity index (χ1) is 12.8. The number of hydrogen-bond donors (Lipinski definition) is 0. The van der Waals surface area contributed by atoms with Gasteiger partial charge in [0.15, 0.2) is 6.61 Å². The number of fused-ring (bicyclic) bond motifs is 1. The van der Waals surface area contributed by atoms with Gasteiger partial charge in [0.2, 0.25) is 0 Å². The maximum Gasteiger partial charge on any atom is 0.350 e. The largest absolute Gasteiger partial charge is 0.451 e. The van der Waals surface area contributed by atoms with Crippen LogP contribution in [0.25, 0.3) is 10.1 Å². The van der Waals surface area contributed by atoms with Gasteiger partial charge in [-0.05, 0) is 35.9 Å². The summed E-state index contributed by atoms with van der Waals surface area (Å²) in [5, 5.41) is 0.724. The average molecular weight is 410 g/mol. The number of carbonyl (C=O) groups excluding carboxylic acids is 2. The average Bonchev–Trinajstić information content (AvgIpc) is 2.97. The number of amides is 1. The molecule has 1 amide bonds. The number of hydrogen-bond acceptors (Lipinski definition) is 4. The van der Waals surface area contributed by atoms with Crippen molar-refractivity contribution in [3.05, 3.63) is 69.6 Å². The lowest BCUT2D eigenvalue weighted by molar-refractivity contribution is -0.133. The summed E-state index contributed by atoms with van der Waals surface area (Å²) in [6, 6.07) is 9.78. The molecule has 0 saturated carbocycles. The molecule has 0 bridgehead atoms. The molecule has 140 valence electrons. The first-order valence-electron chi connectivity index (χ1n) is 7.88. The van der Waals surface area contributed by atoms with Crippen LogP contribution in [0.15, 0.2) is 42.5 Å². The van der Waals surface area contributed by atoms with Gasteiger partial charge >= 0.3 is 5.97 Å². The van der Waals surface area contributed by atoms with Crippen LogP contribution >= 0.6 is 22.9 Å². The highest BCUT2D eigenvalue weighted by molar-refractivity contribution is 7.21. The normalized spacial score (nSPS) is 10.8. The molecule has 3 aromatic rings. The molecule has 0 aliphatic heterocycles. The summed E-state index contributed by atoms with van der Waals surface area (Å²) in [6.45, 7) is -0.213. The fourth-order valence-electron chi connectivity index (χ4n) is 2.43. The van der Waals surface area contributed by atoms with Crippen LogP contribution in [0, 0.1) is 11.6 Å². The van der Waals surface area contributed by atoms with Crippen molar-refractivity contribution >= 4 is 44.9 Å². The summed E-state index contributed by atoms with van der Waals surface area (Å²) in [4.78, 5) is 25.9. The monoisotopic (exact) mass is 409 g/mol. The minimum Gasteiger partial charge on any atom is -0.451 e. The molecule has 0 spiro atoms. The van der Waals surface area contributed by atoms with E-state index in [1.165, 1.54) is 35.2 Å². The van der Waals surface area contributed by atoms with Crippen molar-refractivity contribution in [3.63, 3.8) is 0 Å². The molecule has 27 heavy (non-hydrogen) atoms. The molecule has 0 fully saturated rings. The summed E-state index contributed by atoms with van der Waals surface area (Å²) in [5.41, 5.74) is 0.744. The van der Waals surface area contributed by atoms with E-state index in [1.807, 2.05) is 0 Å². The zero-order valence-corrected chi connectivity index (χ0v) is 15.7. The maximum absolute atomic E-state index is 13.3. The Hall–Kier alpha value is -2.51. The second-order valence-electron chi connectivity index (χ2n) is 5.84. The number of benzene rings is 2. The highest BCUT2D eigenvalue weighted by Crippen LogP contribution is 2.36. The molecule has 0 radical (unpaired) electrons. The van der Waals surface area contributed by atoms with Crippen LogP contribution in [0.2, 0.25) is 5.02 Å². The molecule has 1 heterocycles. The van der Waals surface area contributed by atoms with Crippen molar-refractivity contribution in [2.45, 2.75) is 6.54 Å². The molecule has 3 rings (SSSR count). The Morgan fingerprint density at radius 3 is 2.48 bits per heavy atom. The quantitative estimate of drug-likeness (QED) is 0.576. The predicted octanol–water partition coefficient (Wildman–Crippen LogP) is 4.65. The van der Waals surface area contributed by atoms with Crippen LogP contribution in [0.3, 0.4) is 0 Å². The number of esters is 1. The molecule has 1 aromatic heterocycles. The van der Waals surface area contributed by atoms with Crippen molar-refractivity contribution in [3.8, 4) is 0 Å². The molecular weight excluding hydrogens is 396 g/mol. The fourth-order valence-corrected chi connectivity index (χ4v) is 3.85. The van der Waals surface area contributed by atoms with E-state index in [-0.39, 0.29) is 22.3 Å². The van der Waals surface area contributed by atoms with Crippen molar-refractivity contribution in [2.75, 3.05) is 13.7 Å². The van der Waals surface area contributed by atoms with Gasteiger partial charge in [0.1, 0.15) is 16.5 Å². The van der Waals surface area contributed by atoms with Gasteiger partial charge in [0, 0.05) is 23.7 Å². The first-order valence-corrected chi connectivity index (χ1v) is 9.07. The third-order valence-electron chi connectivity index (χ3n) is 3.86. The summed E-state index contributed by atoms with van der Waals surface area (Å²) < 4.78 is 31.8. The van der Waals surface area contributed by atoms with Crippen LogP contribution in [-0.2, 0) is 16.1 Å². The number of carbonyl (C=O) groups is 2. The number of thiophene rings is 1. The molecule has 8 heteroatoms. The number of ether oxygens (including phenoxy) is 1. The Kier molecular flexibility index (Phi) is 5.72. The molecule has 0 aliphatic rings. The van der Waals surface area contributed by atoms with E-state index in [1.54, 1.807) is 19.2 Å². The van der Waals surface area contributed by atoms with Gasteiger partial charge in [-0.15, -0.1) is 11.3 Å². The second kappa shape index (κ2) is 8.02. The van der Waals surface area contributed by atoms with Gasteiger partial charge in [-0.25, -0.2) is 13.6 Å². The molecule has 0 aliphatic carbocycles. The van der Waals surface area contributed by atoms with Crippen LogP contribution < -0.4 is 0 Å². The van der Waals surface area contributed by atoms with E-state index in [4.69, 9.17) is 16.3 Å². The summed E-state index contributed by atoms with van der Waals surface area (Å²) >= 11 is 7.17. The summed E-state index contributed by atoms with van der Waals surface area (Å²) in [6.07, 6.45) is 0. The van der Waals surface area contributed by atoms with Crippen LogP contribution in [-0.4, -0.2) is 30.4 Å². The standard InChI is InChI=1S/C19H14ClF2NO3S/c1-23(9-11-2-4-12(21)5-3-11)16(24)10-26-19(25)18-17(20)14-7-6-13(22)8-15(14)27-18/h2-8H,9-10H2,1H3. The highest BCUT2D eigenvalue weighted by atomic mass is 35.5. The Balaban J connectivity index is 1.62. The fraction of sp³-hybridized carbons (Fsp3) is 0.158. The zero-order valence-electron chi connectivity index (χ0n) is 14.2. The summed E-state index contributed by atoms with van der Waals surface area (Å²) in [5.74, 6) is -1.96. The lowest BCUT2D eigenvalue weighted by Crippen LogP contribution is -2.30. The third-order valence-corrected chi connectivity index (χ3v) is 5.50. The molecule has 0 N–H and O–H groups in total. The Morgan fingerprint density at radius 1 is 1.11 bits per heavy atom. The number of nitrogens with zero attached hydrogens (tertiary/aromatic N) is 1. The van der Waals surface area contributed by atoms with Gasteiger partial charge in [-0.3, -0.25) is 4.79 Å². The van der Waals surface area contributed by atoms with Crippen LogP contribution in [0.5, 0.6) is 0 Å². The highest BCUT2D eigenvalue weighted by Gasteiger charge is 2.20. The summed E-state index contributed by atoms with van der Waals surface area (Å²) in [7, 11) is 1.55. The van der Waals surface area contributed by atoms with E-state index in [0.717, 1.165) is 16.9 Å². The zero-order chi connectivity index (χ0) is 19.6. The topological polar surface area (TPSA) is 46.6 Å². The van der Waals surface area contributed by atoms with Gasteiger partial charge in [0.05, 0.1) is 5.02 Å². The van der Waals surface area contributed by atoms with Gasteiger partial charge < -0.3 is 9.64 Å². The Labute approximate surface area is 162 Å². The second-order valence-corrected chi connectivity index (χ2v) is 7.27. The van der Waals surface area contributed by atoms with Gasteiger partial charge in [0.25, 0.3) is 5.91 Å². The van der Waals surface area contributed by atoms with Gasteiger partial charge in [-0.2, -0.15) is 0 Å². The Bertz CT molecular complexity index is 1000. The third kappa shape index (κ3) is 4.43. The smallest absolute Gasteiger partial charge is 0.350 e. The molecule has 2 aromatic carbocycles. The van der Waals surface area contributed by atoms with Gasteiger partial charge in [-0.1, -0.05) is 23.7 Å². The van der Waals surface area contributed by atoms with Crippen LogP contribution in [0.1, 0.15) is 15.2 Å². The van der Waals surface area contributed by atoms with Crippen molar-refractivity contribution in [1.29, 1.82) is 0 Å². The first kappa shape index (κ1) is 19.3. The molecular formula is C19H14ClF2NO3S. The number of halogens is 3. The minimum absolute atomic E-state index is 0.117. The molecule has 0 atom stereocenters. The maximum atomic E-state index is 13.3. The Morgan fingerprint density at radius 2 is 1.78 bits per heavy atom. The van der Waals surface area contributed by atoms with Crippen molar-refractivity contribution in [1.82, 2.24) is 4.90 Å². The van der Waals surface area contributed by atoms with E-state index in [2.05, 4.69) is 0 Å². The predicted molar refractivity (Wildman–Crippen MR) is 99.9 cm³/mol. The minimum atomic E-state index is -0.745. The van der Waals surface area contributed by atoms with Crippen molar-refractivity contribution < 1.29 is 23.1 Å². The van der Waals surface area contributed by atoms with E-state index < -0.39 is 24.3 Å². The number of likely N-dealkylation sites (N-methyl/N-ethyl adjacent to an activating group) is 1. The lowest BCUT2D eigenvalue weighted by atomic mass is 10.2. The van der Waals surface area contributed by atoms with Crippen LogP contribution in [0.4, 0.5) is 8.78 Å². The molecule has 4 nitrogen and oxygen atoms in total. The SMILES string of the molecule is CN(Cc1ccc(F)cc1)C(=O)COC(=O)c1sc2cc(F)ccc2c1Cl. The van der Waals surface area contributed by atoms with Crippen molar-refractivity contribution in [2.24, 2.45) is 0 Å². The molecule has 0 unspecified atom stereocenters.